The number of rotatable bonds is 1. The molecule has 0 saturated heterocycles. The fourth-order valence-corrected chi connectivity index (χ4v) is 2.98. The SMILES string of the molecule is Cc1cccc(C)[c]1[Mg][Cl]. The minimum Gasteiger partial charge on any atom is -0.336 e. The molecular formula is C8H9ClMg. The quantitative estimate of drug-likeness (QED) is 0.556. The van der Waals surface area contributed by atoms with Crippen molar-refractivity contribution in [3.63, 3.8) is 0 Å². The number of halogens is 1. The Bertz CT molecular complexity index is 212. The van der Waals surface area contributed by atoms with Crippen LogP contribution in [0.1, 0.15) is 11.1 Å². The van der Waals surface area contributed by atoms with Crippen LogP contribution >= 0.6 is 9.07 Å². The van der Waals surface area contributed by atoms with Crippen molar-refractivity contribution in [2.24, 2.45) is 0 Å². The van der Waals surface area contributed by atoms with E-state index in [9.17, 15) is 0 Å². The van der Waals surface area contributed by atoms with Crippen LogP contribution in [-0.2, 0) is 0 Å². The molecule has 1 aromatic rings. The van der Waals surface area contributed by atoms with E-state index >= 15 is 0 Å². The van der Waals surface area contributed by atoms with Gasteiger partial charge in [0, 0.05) is 0 Å². The van der Waals surface area contributed by atoms with E-state index < -0.39 is 19.3 Å². The first-order valence-corrected chi connectivity index (χ1v) is 6.21. The van der Waals surface area contributed by atoms with Gasteiger partial charge in [-0.3, -0.25) is 0 Å². The Morgan fingerprint density at radius 2 is 1.70 bits per heavy atom. The molecule has 0 aliphatic heterocycles. The van der Waals surface area contributed by atoms with Gasteiger partial charge in [-0.15, -0.1) is 3.69 Å². The van der Waals surface area contributed by atoms with Gasteiger partial charge in [-0.05, 0) is 13.8 Å². The van der Waals surface area contributed by atoms with Crippen molar-refractivity contribution in [1.29, 1.82) is 0 Å². The molecule has 0 saturated carbocycles. The van der Waals surface area contributed by atoms with Crippen LogP contribution in [0.15, 0.2) is 18.2 Å². The normalized spacial score (nSPS) is 9.10. The van der Waals surface area contributed by atoms with Crippen molar-refractivity contribution in [1.82, 2.24) is 0 Å². The van der Waals surface area contributed by atoms with Gasteiger partial charge < -0.3 is 9.07 Å². The first-order valence-electron chi connectivity index (χ1n) is 3.36. The second-order valence-electron chi connectivity index (χ2n) is 2.50. The van der Waals surface area contributed by atoms with Crippen molar-refractivity contribution in [2.45, 2.75) is 13.8 Å². The maximum absolute atomic E-state index is 5.88. The fraction of sp³-hybridized carbons (Fsp3) is 0.250. The van der Waals surface area contributed by atoms with Crippen molar-refractivity contribution in [2.75, 3.05) is 0 Å². The zero-order chi connectivity index (χ0) is 7.56. The van der Waals surface area contributed by atoms with Gasteiger partial charge in [0.15, 0.2) is 0 Å². The maximum atomic E-state index is 5.88. The zero-order valence-corrected chi connectivity index (χ0v) is 8.49. The molecule has 0 aliphatic rings. The lowest BCUT2D eigenvalue weighted by molar-refractivity contribution is 1.43. The van der Waals surface area contributed by atoms with Crippen LogP contribution < -0.4 is 3.69 Å². The molecule has 0 heterocycles. The topological polar surface area (TPSA) is 0 Å². The van der Waals surface area contributed by atoms with Crippen LogP contribution in [-0.4, -0.2) is 19.3 Å². The summed E-state index contributed by atoms with van der Waals surface area (Å²) in [5.41, 5.74) is 2.70. The molecule has 0 radical (unpaired) electrons. The molecule has 0 nitrogen and oxygen atoms in total. The van der Waals surface area contributed by atoms with Gasteiger partial charge in [0.1, 0.15) is 0 Å². The highest BCUT2D eigenvalue weighted by atomic mass is 35.5. The van der Waals surface area contributed by atoms with Gasteiger partial charge in [-0.2, -0.15) is 0 Å². The fourth-order valence-electron chi connectivity index (χ4n) is 1.06. The maximum Gasteiger partial charge on any atom is 0.539 e. The molecule has 1 aromatic carbocycles. The first kappa shape index (κ1) is 8.37. The standard InChI is InChI=1S/C8H9.ClH.Mg/c1-7-4-3-5-8(2)6-7;;/h3-5H,1-2H3;1H;/q;;+1/p-1. The van der Waals surface area contributed by atoms with E-state index in [0.29, 0.717) is 0 Å². The van der Waals surface area contributed by atoms with E-state index in [1.807, 2.05) is 0 Å². The molecule has 10 heavy (non-hydrogen) atoms. The summed E-state index contributed by atoms with van der Waals surface area (Å²) in [5, 5.41) is 0. The van der Waals surface area contributed by atoms with Gasteiger partial charge >= 0.3 is 19.3 Å². The molecule has 0 aromatic heterocycles. The Morgan fingerprint density at radius 1 is 1.20 bits per heavy atom. The molecule has 1 rings (SSSR count). The van der Waals surface area contributed by atoms with E-state index in [-0.39, 0.29) is 0 Å². The summed E-state index contributed by atoms with van der Waals surface area (Å²) < 4.78 is 1.41. The van der Waals surface area contributed by atoms with Gasteiger partial charge in [-0.25, -0.2) is 0 Å². The average molecular weight is 165 g/mol. The Hall–Kier alpha value is 0.276. The predicted molar refractivity (Wildman–Crippen MR) is 47.2 cm³/mol. The van der Waals surface area contributed by atoms with E-state index in [2.05, 4.69) is 32.0 Å². The van der Waals surface area contributed by atoms with Crippen molar-refractivity contribution < 1.29 is 0 Å². The molecule has 50 valence electrons. The number of benzene rings is 1. The van der Waals surface area contributed by atoms with E-state index in [1.165, 1.54) is 14.8 Å². The Labute approximate surface area is 75.1 Å². The number of hydrogen-bond donors (Lipinski definition) is 0. The van der Waals surface area contributed by atoms with Crippen LogP contribution in [0.2, 0.25) is 0 Å². The molecular weight excluding hydrogens is 156 g/mol. The third kappa shape index (κ3) is 1.65. The van der Waals surface area contributed by atoms with E-state index in [1.54, 1.807) is 0 Å². The van der Waals surface area contributed by atoms with Gasteiger partial charge in [0.2, 0.25) is 0 Å². The highest BCUT2D eigenvalue weighted by Crippen LogP contribution is 1.99. The monoisotopic (exact) mass is 164 g/mol. The van der Waals surface area contributed by atoms with Crippen LogP contribution in [0.25, 0.3) is 0 Å². The highest BCUT2D eigenvalue weighted by molar-refractivity contribution is 7.01. The molecule has 0 amide bonds. The van der Waals surface area contributed by atoms with Crippen molar-refractivity contribution in [3.05, 3.63) is 29.3 Å². The van der Waals surface area contributed by atoms with Crippen LogP contribution in [0.5, 0.6) is 0 Å². The summed E-state index contributed by atoms with van der Waals surface area (Å²) >= 11 is -0.494. The second kappa shape index (κ2) is 3.60. The molecule has 0 atom stereocenters. The third-order valence-electron chi connectivity index (χ3n) is 1.78. The Balaban J connectivity index is 3.17. The van der Waals surface area contributed by atoms with Crippen LogP contribution in [0, 0.1) is 13.8 Å². The summed E-state index contributed by atoms with van der Waals surface area (Å²) in [6.45, 7) is 4.25. The minimum atomic E-state index is -0.494. The van der Waals surface area contributed by atoms with Gasteiger partial charge in [0.25, 0.3) is 0 Å². The predicted octanol–water partition coefficient (Wildman–Crippen LogP) is 1.79. The molecule has 0 N–H and O–H groups in total. The molecule has 0 spiro atoms. The Morgan fingerprint density at radius 3 is 2.00 bits per heavy atom. The first-order chi connectivity index (χ1) is 4.75. The van der Waals surface area contributed by atoms with Crippen molar-refractivity contribution in [3.8, 4) is 0 Å². The molecule has 2 heteroatoms. The number of aryl methyl sites for hydroxylation is 2. The molecule has 0 unspecified atom stereocenters. The van der Waals surface area contributed by atoms with E-state index in [0.717, 1.165) is 0 Å². The molecule has 0 aliphatic carbocycles. The summed E-state index contributed by atoms with van der Waals surface area (Å²) in [7, 11) is 5.88. The lowest BCUT2D eigenvalue weighted by atomic mass is 10.1. The highest BCUT2D eigenvalue weighted by Gasteiger charge is 2.01. The summed E-state index contributed by atoms with van der Waals surface area (Å²) in [4.78, 5) is 0. The minimum absolute atomic E-state index is 0.494. The van der Waals surface area contributed by atoms with Crippen LogP contribution in [0.4, 0.5) is 0 Å². The average Bonchev–Trinajstić information content (AvgIpc) is 1.88. The lowest BCUT2D eigenvalue weighted by Crippen LogP contribution is -2.16. The van der Waals surface area contributed by atoms with Gasteiger partial charge in [-0.1, -0.05) is 29.3 Å². The zero-order valence-electron chi connectivity index (χ0n) is 6.32. The number of hydrogen-bond acceptors (Lipinski definition) is 0. The summed E-state index contributed by atoms with van der Waals surface area (Å²) in [6.07, 6.45) is 0. The van der Waals surface area contributed by atoms with Crippen molar-refractivity contribution >= 4 is 32.0 Å². The Kier molecular flexibility index (Phi) is 3.02. The third-order valence-corrected chi connectivity index (χ3v) is 3.96. The second-order valence-corrected chi connectivity index (χ2v) is 4.28. The van der Waals surface area contributed by atoms with E-state index in [4.69, 9.17) is 9.07 Å². The smallest absolute Gasteiger partial charge is 0.336 e. The van der Waals surface area contributed by atoms with Gasteiger partial charge in [0.05, 0.1) is 0 Å². The molecule has 0 fully saturated rings. The summed E-state index contributed by atoms with van der Waals surface area (Å²) in [6, 6.07) is 6.32. The van der Waals surface area contributed by atoms with Crippen LogP contribution in [0.3, 0.4) is 0 Å². The molecule has 0 bridgehead atoms. The largest absolute Gasteiger partial charge is 0.539 e. The lowest BCUT2D eigenvalue weighted by Gasteiger charge is -2.04. The summed E-state index contributed by atoms with van der Waals surface area (Å²) in [5.74, 6) is 0.